The predicted octanol–water partition coefficient (Wildman–Crippen LogP) is 3.72. The molecule has 29 heavy (non-hydrogen) atoms. The molecule has 0 unspecified atom stereocenters. The molecule has 3 rings (SSSR count). The van der Waals surface area contributed by atoms with E-state index >= 15 is 0 Å². The summed E-state index contributed by atoms with van der Waals surface area (Å²) < 4.78 is 33.2. The number of hydrogen-bond acceptors (Lipinski definition) is 5. The molecule has 0 radical (unpaired) electrons. The zero-order valence-corrected chi connectivity index (χ0v) is 17.8. The summed E-state index contributed by atoms with van der Waals surface area (Å²) in [5, 5.41) is 4.84. The number of sulfonamides is 1. The molecule has 0 atom stereocenters. The van der Waals surface area contributed by atoms with Crippen LogP contribution in [0.3, 0.4) is 0 Å². The lowest BCUT2D eigenvalue weighted by atomic mass is 10.1. The number of carbonyl (C=O) groups is 1. The Kier molecular flexibility index (Phi) is 6.56. The van der Waals surface area contributed by atoms with Crippen LogP contribution in [-0.4, -0.2) is 21.4 Å². The van der Waals surface area contributed by atoms with Crippen molar-refractivity contribution in [1.29, 1.82) is 0 Å². The Balaban J connectivity index is 1.64. The van der Waals surface area contributed by atoms with Crippen LogP contribution >= 0.6 is 11.3 Å². The smallest absolute Gasteiger partial charge is 0.265 e. The molecule has 2 N–H and O–H groups in total. The quantitative estimate of drug-likeness (QED) is 0.570. The highest BCUT2D eigenvalue weighted by Crippen LogP contribution is 2.27. The van der Waals surface area contributed by atoms with Crippen LogP contribution in [0.15, 0.2) is 64.9 Å². The van der Waals surface area contributed by atoms with E-state index in [4.69, 9.17) is 4.74 Å². The molecule has 3 aromatic rings. The maximum atomic E-state index is 12.7. The molecule has 0 fully saturated rings. The van der Waals surface area contributed by atoms with Gasteiger partial charge in [0.05, 0.1) is 20.1 Å². The SMILES string of the molecule is COc1ccc(C)cc1S(=O)(=O)Nc1ccc(CC(=O)NCc2cccs2)cc1. The number of rotatable bonds is 8. The summed E-state index contributed by atoms with van der Waals surface area (Å²) in [4.78, 5) is 13.2. The van der Waals surface area contributed by atoms with Crippen molar-refractivity contribution in [2.45, 2.75) is 24.8 Å². The molecule has 0 aliphatic carbocycles. The first-order valence-electron chi connectivity index (χ1n) is 8.93. The fraction of sp³-hybridized carbons (Fsp3) is 0.190. The molecule has 1 aromatic heterocycles. The highest BCUT2D eigenvalue weighted by Gasteiger charge is 2.20. The van der Waals surface area contributed by atoms with Crippen LogP contribution in [0, 0.1) is 6.92 Å². The van der Waals surface area contributed by atoms with Crippen LogP contribution in [-0.2, 0) is 27.8 Å². The third-order valence-electron chi connectivity index (χ3n) is 4.22. The van der Waals surface area contributed by atoms with Gasteiger partial charge in [-0.3, -0.25) is 9.52 Å². The molecular formula is C21H22N2O4S2. The maximum Gasteiger partial charge on any atom is 0.265 e. The van der Waals surface area contributed by atoms with Gasteiger partial charge in [0.25, 0.3) is 10.0 Å². The molecule has 0 bridgehead atoms. The number of carbonyl (C=O) groups excluding carboxylic acids is 1. The third-order valence-corrected chi connectivity index (χ3v) is 6.50. The van der Waals surface area contributed by atoms with E-state index in [1.807, 2.05) is 24.4 Å². The van der Waals surface area contributed by atoms with E-state index in [9.17, 15) is 13.2 Å². The molecule has 1 amide bonds. The standard InChI is InChI=1S/C21H22N2O4S2/c1-15-5-10-19(27-2)20(12-15)29(25,26)23-17-8-6-16(7-9-17)13-21(24)22-14-18-4-3-11-28-18/h3-12,23H,13-14H2,1-2H3,(H,22,24). The summed E-state index contributed by atoms with van der Waals surface area (Å²) in [6, 6.07) is 15.6. The first-order chi connectivity index (χ1) is 13.9. The molecule has 2 aromatic carbocycles. The Bertz CT molecular complexity index is 1080. The van der Waals surface area contributed by atoms with Crippen molar-refractivity contribution in [1.82, 2.24) is 5.32 Å². The number of aryl methyl sites for hydroxylation is 1. The van der Waals surface area contributed by atoms with Crippen molar-refractivity contribution in [3.8, 4) is 5.75 Å². The molecule has 152 valence electrons. The van der Waals surface area contributed by atoms with Crippen molar-refractivity contribution >= 4 is 33.0 Å². The monoisotopic (exact) mass is 430 g/mol. The lowest BCUT2D eigenvalue weighted by molar-refractivity contribution is -0.120. The largest absolute Gasteiger partial charge is 0.495 e. The Morgan fingerprint density at radius 3 is 2.52 bits per heavy atom. The minimum absolute atomic E-state index is 0.0806. The Hall–Kier alpha value is -2.84. The maximum absolute atomic E-state index is 12.7. The fourth-order valence-corrected chi connectivity index (χ4v) is 4.70. The van der Waals surface area contributed by atoms with Crippen molar-refractivity contribution < 1.29 is 17.9 Å². The molecular weight excluding hydrogens is 408 g/mol. The second-order valence-corrected chi connectivity index (χ2v) is 9.17. The van der Waals surface area contributed by atoms with Gasteiger partial charge in [0.2, 0.25) is 5.91 Å². The number of thiophene rings is 1. The number of methoxy groups -OCH3 is 1. The van der Waals surface area contributed by atoms with Gasteiger partial charge in [-0.25, -0.2) is 8.42 Å². The third kappa shape index (κ3) is 5.58. The number of ether oxygens (including phenoxy) is 1. The topological polar surface area (TPSA) is 84.5 Å². The van der Waals surface area contributed by atoms with Gasteiger partial charge in [-0.1, -0.05) is 24.3 Å². The summed E-state index contributed by atoms with van der Waals surface area (Å²) >= 11 is 1.59. The second kappa shape index (κ2) is 9.11. The van der Waals surface area contributed by atoms with Crippen molar-refractivity contribution in [3.05, 3.63) is 76.0 Å². The average molecular weight is 431 g/mol. The second-order valence-electron chi connectivity index (χ2n) is 6.49. The number of amides is 1. The fourth-order valence-electron chi connectivity index (χ4n) is 2.74. The van der Waals surface area contributed by atoms with E-state index in [-0.39, 0.29) is 23.0 Å². The van der Waals surface area contributed by atoms with E-state index in [1.165, 1.54) is 7.11 Å². The number of anilines is 1. The van der Waals surface area contributed by atoms with E-state index < -0.39 is 10.0 Å². The molecule has 0 saturated carbocycles. The highest BCUT2D eigenvalue weighted by molar-refractivity contribution is 7.92. The Morgan fingerprint density at radius 1 is 1.10 bits per heavy atom. The normalized spacial score (nSPS) is 11.1. The molecule has 1 heterocycles. The van der Waals surface area contributed by atoms with Crippen molar-refractivity contribution in [3.63, 3.8) is 0 Å². The van der Waals surface area contributed by atoms with Crippen molar-refractivity contribution in [2.24, 2.45) is 0 Å². The van der Waals surface area contributed by atoms with Crippen LogP contribution in [0.25, 0.3) is 0 Å². The van der Waals surface area contributed by atoms with Gasteiger partial charge in [-0.05, 0) is 53.8 Å². The Morgan fingerprint density at radius 2 is 1.86 bits per heavy atom. The summed E-state index contributed by atoms with van der Waals surface area (Å²) in [7, 11) is -2.37. The first-order valence-corrected chi connectivity index (χ1v) is 11.3. The minimum atomic E-state index is -3.80. The zero-order valence-electron chi connectivity index (χ0n) is 16.1. The number of nitrogens with one attached hydrogen (secondary N) is 2. The van der Waals surface area contributed by atoms with E-state index in [0.29, 0.717) is 12.2 Å². The molecule has 8 heteroatoms. The summed E-state index contributed by atoms with van der Waals surface area (Å²) in [5.74, 6) is 0.193. The average Bonchev–Trinajstić information content (AvgIpc) is 3.21. The summed E-state index contributed by atoms with van der Waals surface area (Å²) in [6.07, 6.45) is 0.226. The number of benzene rings is 2. The Labute approximate surface area is 174 Å². The van der Waals surface area contributed by atoms with Crippen molar-refractivity contribution in [2.75, 3.05) is 11.8 Å². The lowest BCUT2D eigenvalue weighted by Crippen LogP contribution is -2.24. The minimum Gasteiger partial charge on any atom is -0.495 e. The molecule has 0 spiro atoms. The van der Waals surface area contributed by atoms with E-state index in [0.717, 1.165) is 16.0 Å². The molecule has 0 aliphatic heterocycles. The first kappa shape index (κ1) is 20.9. The summed E-state index contributed by atoms with van der Waals surface area (Å²) in [6.45, 7) is 2.32. The highest BCUT2D eigenvalue weighted by atomic mass is 32.2. The van der Waals surface area contributed by atoms with Gasteiger partial charge < -0.3 is 10.1 Å². The molecule has 0 saturated heterocycles. The van der Waals surface area contributed by atoms with Gasteiger partial charge in [0.1, 0.15) is 10.6 Å². The molecule has 0 aliphatic rings. The van der Waals surface area contributed by atoms with E-state index in [1.54, 1.807) is 53.8 Å². The van der Waals surface area contributed by atoms with Gasteiger partial charge in [-0.2, -0.15) is 0 Å². The lowest BCUT2D eigenvalue weighted by Gasteiger charge is -2.12. The number of hydrogen-bond donors (Lipinski definition) is 2. The zero-order chi connectivity index (χ0) is 20.9. The van der Waals surface area contributed by atoms with E-state index in [2.05, 4.69) is 10.0 Å². The predicted molar refractivity (Wildman–Crippen MR) is 115 cm³/mol. The van der Waals surface area contributed by atoms with Gasteiger partial charge in [0, 0.05) is 10.6 Å². The summed E-state index contributed by atoms with van der Waals surface area (Å²) in [5.41, 5.74) is 2.02. The van der Waals surface area contributed by atoms with Crippen LogP contribution in [0.5, 0.6) is 5.75 Å². The molecule has 6 nitrogen and oxygen atoms in total. The van der Waals surface area contributed by atoms with Gasteiger partial charge >= 0.3 is 0 Å². The van der Waals surface area contributed by atoms with Crippen LogP contribution in [0.1, 0.15) is 16.0 Å². The van der Waals surface area contributed by atoms with Crippen LogP contribution in [0.4, 0.5) is 5.69 Å². The van der Waals surface area contributed by atoms with Gasteiger partial charge in [-0.15, -0.1) is 11.3 Å². The van der Waals surface area contributed by atoms with Crippen LogP contribution in [0.2, 0.25) is 0 Å². The van der Waals surface area contributed by atoms with Gasteiger partial charge in [0.15, 0.2) is 0 Å². The van der Waals surface area contributed by atoms with Crippen LogP contribution < -0.4 is 14.8 Å².